The molecule has 4 aromatic rings. The number of H-pyrrole nitrogens is 1. The van der Waals surface area contributed by atoms with E-state index in [1.807, 2.05) is 54.6 Å². The van der Waals surface area contributed by atoms with Crippen LogP contribution in [-0.2, 0) is 4.79 Å². The topological polar surface area (TPSA) is 79.2 Å². The molecule has 1 amide bonds. The second-order valence-corrected chi connectivity index (χ2v) is 7.48. The largest absolute Gasteiger partial charge is 0.368 e. The van der Waals surface area contributed by atoms with Crippen LogP contribution in [0.3, 0.4) is 0 Å². The standard InChI is InChI=1S/C25H22FN3O2/c1-29(24(25(27)31)17-10-7-11-18(26)14-17)15-21(30)22-19-12-5-6-13-20(19)28-23(22)16-8-3-2-4-9-16/h2-14,24,28H,15H2,1H3,(H2,27,31). The molecule has 0 fully saturated rings. The van der Waals surface area contributed by atoms with Crippen molar-refractivity contribution in [2.24, 2.45) is 5.73 Å². The summed E-state index contributed by atoms with van der Waals surface area (Å²) >= 11 is 0. The molecular formula is C25H22FN3O2. The van der Waals surface area contributed by atoms with Crippen molar-refractivity contribution in [3.8, 4) is 11.3 Å². The van der Waals surface area contributed by atoms with E-state index in [2.05, 4.69) is 4.98 Å². The number of nitrogens with one attached hydrogen (secondary N) is 1. The maximum Gasteiger partial charge on any atom is 0.239 e. The number of carbonyl (C=O) groups is 2. The van der Waals surface area contributed by atoms with Crippen molar-refractivity contribution in [1.82, 2.24) is 9.88 Å². The van der Waals surface area contributed by atoms with Gasteiger partial charge in [0.2, 0.25) is 5.91 Å². The molecule has 5 nitrogen and oxygen atoms in total. The number of halogens is 1. The number of para-hydroxylation sites is 1. The lowest BCUT2D eigenvalue weighted by atomic mass is 10.00. The lowest BCUT2D eigenvalue weighted by Gasteiger charge is -2.25. The van der Waals surface area contributed by atoms with Gasteiger partial charge >= 0.3 is 0 Å². The molecule has 6 heteroatoms. The molecule has 3 aromatic carbocycles. The van der Waals surface area contributed by atoms with Gasteiger partial charge in [0.15, 0.2) is 5.78 Å². The van der Waals surface area contributed by atoms with Gasteiger partial charge in [-0.25, -0.2) is 4.39 Å². The van der Waals surface area contributed by atoms with Gasteiger partial charge in [-0.15, -0.1) is 0 Å². The van der Waals surface area contributed by atoms with Crippen LogP contribution in [0.25, 0.3) is 22.2 Å². The van der Waals surface area contributed by atoms with Crippen LogP contribution in [0.1, 0.15) is 22.0 Å². The van der Waals surface area contributed by atoms with Gasteiger partial charge in [0.25, 0.3) is 0 Å². The number of aromatic amines is 1. The second kappa shape index (κ2) is 8.53. The molecule has 0 spiro atoms. The average molecular weight is 415 g/mol. The van der Waals surface area contributed by atoms with Crippen molar-refractivity contribution in [2.45, 2.75) is 6.04 Å². The number of rotatable bonds is 7. The average Bonchev–Trinajstić information content (AvgIpc) is 3.14. The number of ketones is 1. The van der Waals surface area contributed by atoms with Crippen LogP contribution in [0.2, 0.25) is 0 Å². The number of carbonyl (C=O) groups excluding carboxylic acids is 2. The van der Waals surface area contributed by atoms with Crippen LogP contribution >= 0.6 is 0 Å². The fourth-order valence-electron chi connectivity index (χ4n) is 3.96. The Labute approximate surface area is 179 Å². The Kier molecular flexibility index (Phi) is 5.64. The van der Waals surface area contributed by atoms with Gasteiger partial charge in [0, 0.05) is 10.9 Å². The van der Waals surface area contributed by atoms with Gasteiger partial charge < -0.3 is 10.7 Å². The number of hydrogen-bond acceptors (Lipinski definition) is 3. The fourth-order valence-corrected chi connectivity index (χ4v) is 3.96. The first-order valence-electron chi connectivity index (χ1n) is 9.90. The van der Waals surface area contributed by atoms with E-state index in [0.717, 1.165) is 22.2 Å². The molecule has 0 saturated heterocycles. The Hall–Kier alpha value is -3.77. The number of aromatic nitrogens is 1. The zero-order chi connectivity index (χ0) is 22.0. The molecule has 1 heterocycles. The summed E-state index contributed by atoms with van der Waals surface area (Å²) in [6, 6.07) is 22.0. The number of hydrogen-bond donors (Lipinski definition) is 2. The highest BCUT2D eigenvalue weighted by molar-refractivity contribution is 6.14. The number of fused-ring (bicyclic) bond motifs is 1. The minimum atomic E-state index is -0.926. The third kappa shape index (κ3) is 4.11. The zero-order valence-corrected chi connectivity index (χ0v) is 17.0. The minimum Gasteiger partial charge on any atom is -0.368 e. The molecule has 1 aromatic heterocycles. The van der Waals surface area contributed by atoms with Gasteiger partial charge in [-0.05, 0) is 36.4 Å². The first kappa shape index (κ1) is 20.5. The summed E-state index contributed by atoms with van der Waals surface area (Å²) in [7, 11) is 1.63. The van der Waals surface area contributed by atoms with Crippen LogP contribution < -0.4 is 5.73 Å². The van der Waals surface area contributed by atoms with E-state index in [-0.39, 0.29) is 12.3 Å². The molecule has 1 unspecified atom stereocenters. The first-order chi connectivity index (χ1) is 15.0. The van der Waals surface area contributed by atoms with E-state index < -0.39 is 17.8 Å². The minimum absolute atomic E-state index is 0.0637. The molecule has 0 saturated carbocycles. The van der Waals surface area contributed by atoms with Crippen LogP contribution in [0.15, 0.2) is 78.9 Å². The lowest BCUT2D eigenvalue weighted by Crippen LogP contribution is -2.38. The van der Waals surface area contributed by atoms with Crippen molar-refractivity contribution >= 4 is 22.6 Å². The second-order valence-electron chi connectivity index (χ2n) is 7.48. The lowest BCUT2D eigenvalue weighted by molar-refractivity contribution is -0.122. The van der Waals surface area contributed by atoms with E-state index in [1.165, 1.54) is 18.2 Å². The molecule has 0 aliphatic rings. The van der Waals surface area contributed by atoms with Crippen molar-refractivity contribution in [3.05, 3.63) is 95.8 Å². The summed E-state index contributed by atoms with van der Waals surface area (Å²) in [6.45, 7) is -0.0637. The van der Waals surface area contributed by atoms with E-state index in [0.29, 0.717) is 11.1 Å². The molecule has 0 radical (unpaired) electrons. The Bertz CT molecular complexity index is 1250. The summed E-state index contributed by atoms with van der Waals surface area (Å²) in [5, 5.41) is 0.807. The van der Waals surface area contributed by atoms with Crippen molar-refractivity contribution in [1.29, 1.82) is 0 Å². The van der Waals surface area contributed by atoms with Crippen molar-refractivity contribution in [2.75, 3.05) is 13.6 Å². The number of nitrogens with zero attached hydrogens (tertiary/aromatic N) is 1. The number of primary amides is 1. The molecule has 0 aliphatic heterocycles. The van der Waals surface area contributed by atoms with E-state index in [9.17, 15) is 14.0 Å². The monoisotopic (exact) mass is 415 g/mol. The molecule has 1 atom stereocenters. The van der Waals surface area contributed by atoms with Gasteiger partial charge in [-0.3, -0.25) is 14.5 Å². The molecule has 0 bridgehead atoms. The number of likely N-dealkylation sites (N-methyl/N-ethyl adjacent to an activating group) is 1. The fraction of sp³-hybridized carbons (Fsp3) is 0.120. The summed E-state index contributed by atoms with van der Waals surface area (Å²) < 4.78 is 13.7. The third-order valence-electron chi connectivity index (χ3n) is 5.32. The highest BCUT2D eigenvalue weighted by Gasteiger charge is 2.27. The van der Waals surface area contributed by atoms with Crippen LogP contribution in [0, 0.1) is 5.82 Å². The van der Waals surface area contributed by atoms with E-state index >= 15 is 0 Å². The molecule has 4 rings (SSSR count). The van der Waals surface area contributed by atoms with Crippen molar-refractivity contribution < 1.29 is 14.0 Å². The Morgan fingerprint density at radius 3 is 2.42 bits per heavy atom. The summed E-state index contributed by atoms with van der Waals surface area (Å²) in [5.41, 5.74) is 9.03. The third-order valence-corrected chi connectivity index (χ3v) is 5.32. The summed E-state index contributed by atoms with van der Waals surface area (Å²) in [4.78, 5) is 30.5. The molecule has 0 aliphatic carbocycles. The van der Waals surface area contributed by atoms with E-state index in [1.54, 1.807) is 18.0 Å². The molecule has 156 valence electrons. The number of nitrogens with two attached hydrogens (primary N) is 1. The molecule has 3 N–H and O–H groups in total. The molecule has 31 heavy (non-hydrogen) atoms. The van der Waals surface area contributed by atoms with Crippen molar-refractivity contribution in [3.63, 3.8) is 0 Å². The summed E-state index contributed by atoms with van der Waals surface area (Å²) in [6.07, 6.45) is 0. The highest BCUT2D eigenvalue weighted by Crippen LogP contribution is 2.31. The predicted molar refractivity (Wildman–Crippen MR) is 119 cm³/mol. The maximum absolute atomic E-state index is 13.7. The SMILES string of the molecule is CN(CC(=O)c1c(-c2ccccc2)[nH]c2ccccc12)C(C(N)=O)c1cccc(F)c1. The van der Waals surface area contributed by atoms with Gasteiger partial charge in [-0.1, -0.05) is 60.7 Å². The maximum atomic E-state index is 13.7. The number of benzene rings is 3. The number of amides is 1. The number of Topliss-reactive ketones (excluding diaryl/α,β-unsaturated/α-hetero) is 1. The first-order valence-corrected chi connectivity index (χ1v) is 9.90. The normalized spacial score (nSPS) is 12.2. The summed E-state index contributed by atoms with van der Waals surface area (Å²) in [5.74, 6) is -1.28. The van der Waals surface area contributed by atoms with Crippen LogP contribution in [0.5, 0.6) is 0 Å². The predicted octanol–water partition coefficient (Wildman–Crippen LogP) is 4.32. The van der Waals surface area contributed by atoms with E-state index in [4.69, 9.17) is 5.73 Å². The smallest absolute Gasteiger partial charge is 0.239 e. The van der Waals surface area contributed by atoms with Crippen LogP contribution in [0.4, 0.5) is 4.39 Å². The van der Waals surface area contributed by atoms with Gasteiger partial charge in [0.05, 0.1) is 17.8 Å². The van der Waals surface area contributed by atoms with Gasteiger partial charge in [-0.2, -0.15) is 0 Å². The van der Waals surface area contributed by atoms with Gasteiger partial charge in [0.1, 0.15) is 11.9 Å². The Morgan fingerprint density at radius 2 is 1.71 bits per heavy atom. The Balaban J connectivity index is 1.72. The zero-order valence-electron chi connectivity index (χ0n) is 17.0. The highest BCUT2D eigenvalue weighted by atomic mass is 19.1. The molecular weight excluding hydrogens is 393 g/mol. The quantitative estimate of drug-likeness (QED) is 0.441. The van der Waals surface area contributed by atoms with Crippen LogP contribution in [-0.4, -0.2) is 35.2 Å². The Morgan fingerprint density at radius 1 is 1.00 bits per heavy atom.